The monoisotopic (exact) mass is 277 g/mol. The Labute approximate surface area is 121 Å². The van der Waals surface area contributed by atoms with Gasteiger partial charge in [0.25, 0.3) is 5.91 Å². The molecule has 0 bridgehead atoms. The molecule has 0 atom stereocenters. The van der Waals surface area contributed by atoms with Gasteiger partial charge in [-0.2, -0.15) is 5.10 Å². The van der Waals surface area contributed by atoms with E-state index in [4.69, 9.17) is 0 Å². The van der Waals surface area contributed by atoms with Gasteiger partial charge in [-0.3, -0.25) is 9.89 Å². The highest BCUT2D eigenvalue weighted by Gasteiger charge is 2.29. The lowest BCUT2D eigenvalue weighted by molar-refractivity contribution is 0.0885. The summed E-state index contributed by atoms with van der Waals surface area (Å²) in [5.74, 6) is -0.0429. The van der Waals surface area contributed by atoms with E-state index in [-0.39, 0.29) is 16.9 Å². The molecule has 0 spiro atoms. The lowest BCUT2D eigenvalue weighted by Gasteiger charge is -2.33. The topological polar surface area (TPSA) is 57.8 Å². The number of nitrogens with zero attached hydrogens (tertiary/aromatic N) is 1. The second kappa shape index (κ2) is 5.23. The van der Waals surface area contributed by atoms with Crippen molar-refractivity contribution in [3.8, 4) is 0 Å². The van der Waals surface area contributed by atoms with Crippen molar-refractivity contribution in [3.05, 3.63) is 17.0 Å². The van der Waals surface area contributed by atoms with Crippen molar-refractivity contribution < 1.29 is 4.79 Å². The molecule has 4 nitrogen and oxygen atoms in total. The van der Waals surface area contributed by atoms with Crippen molar-refractivity contribution in [2.24, 2.45) is 5.41 Å². The van der Waals surface area contributed by atoms with Crippen LogP contribution in [-0.4, -0.2) is 21.6 Å². The van der Waals surface area contributed by atoms with E-state index in [0.29, 0.717) is 5.69 Å². The SMILES string of the molecule is CC(C)(C)CC(C)(C)NC(=O)c1n[nH]c2c1CCCC2. The van der Waals surface area contributed by atoms with Gasteiger partial charge < -0.3 is 5.32 Å². The van der Waals surface area contributed by atoms with Gasteiger partial charge in [-0.15, -0.1) is 0 Å². The Bertz CT molecular complexity index is 494. The zero-order chi connectivity index (χ0) is 15.0. The highest BCUT2D eigenvalue weighted by Crippen LogP contribution is 2.28. The molecule has 1 amide bonds. The number of hydrogen-bond acceptors (Lipinski definition) is 2. The Balaban J connectivity index is 2.10. The van der Waals surface area contributed by atoms with E-state index in [1.165, 1.54) is 6.42 Å². The average Bonchev–Trinajstić information content (AvgIpc) is 2.68. The summed E-state index contributed by atoms with van der Waals surface area (Å²) in [4.78, 5) is 12.5. The van der Waals surface area contributed by atoms with Gasteiger partial charge in [0, 0.05) is 16.8 Å². The van der Waals surface area contributed by atoms with Crippen molar-refractivity contribution in [1.29, 1.82) is 0 Å². The Hall–Kier alpha value is -1.32. The summed E-state index contributed by atoms with van der Waals surface area (Å²) in [5, 5.41) is 10.4. The summed E-state index contributed by atoms with van der Waals surface area (Å²) < 4.78 is 0. The fraction of sp³-hybridized carbons (Fsp3) is 0.750. The summed E-state index contributed by atoms with van der Waals surface area (Å²) in [7, 11) is 0. The lowest BCUT2D eigenvalue weighted by atomic mass is 9.81. The van der Waals surface area contributed by atoms with Gasteiger partial charge in [-0.1, -0.05) is 20.8 Å². The van der Waals surface area contributed by atoms with E-state index in [2.05, 4.69) is 50.1 Å². The van der Waals surface area contributed by atoms with Gasteiger partial charge in [-0.05, 0) is 51.4 Å². The molecule has 20 heavy (non-hydrogen) atoms. The number of aromatic amines is 1. The molecule has 0 fully saturated rings. The lowest BCUT2D eigenvalue weighted by Crippen LogP contribution is -2.46. The third kappa shape index (κ3) is 3.62. The Kier molecular flexibility index (Phi) is 3.94. The smallest absolute Gasteiger partial charge is 0.272 e. The summed E-state index contributed by atoms with van der Waals surface area (Å²) >= 11 is 0. The normalized spacial score (nSPS) is 15.8. The molecular formula is C16H27N3O. The number of nitrogens with one attached hydrogen (secondary N) is 2. The molecule has 0 unspecified atom stereocenters. The summed E-state index contributed by atoms with van der Waals surface area (Å²) in [6.07, 6.45) is 5.25. The minimum absolute atomic E-state index is 0.0429. The van der Waals surface area contributed by atoms with Crippen LogP contribution in [-0.2, 0) is 12.8 Å². The van der Waals surface area contributed by atoms with Gasteiger partial charge in [0.15, 0.2) is 5.69 Å². The average molecular weight is 277 g/mol. The zero-order valence-electron chi connectivity index (χ0n) is 13.4. The minimum Gasteiger partial charge on any atom is -0.346 e. The number of aryl methyl sites for hydroxylation is 1. The molecule has 0 aromatic carbocycles. The predicted molar refractivity (Wildman–Crippen MR) is 80.8 cm³/mol. The molecule has 0 radical (unpaired) electrons. The molecule has 1 heterocycles. The van der Waals surface area contributed by atoms with Gasteiger partial charge in [0.1, 0.15) is 0 Å². The number of aromatic nitrogens is 2. The number of hydrogen-bond donors (Lipinski definition) is 2. The van der Waals surface area contributed by atoms with Crippen LogP contribution < -0.4 is 5.32 Å². The number of rotatable bonds is 3. The molecule has 4 heteroatoms. The van der Waals surface area contributed by atoms with Crippen LogP contribution in [0.3, 0.4) is 0 Å². The van der Waals surface area contributed by atoms with Crippen molar-refractivity contribution >= 4 is 5.91 Å². The molecule has 112 valence electrons. The molecule has 2 rings (SSSR count). The fourth-order valence-corrected chi connectivity index (χ4v) is 3.41. The first-order chi connectivity index (χ1) is 9.18. The molecule has 0 saturated carbocycles. The molecule has 0 aliphatic heterocycles. The largest absolute Gasteiger partial charge is 0.346 e. The standard InChI is InChI=1S/C16H27N3O/c1-15(2,3)10-16(4,5)17-14(20)13-11-8-6-7-9-12(11)18-19-13/h6-10H2,1-5H3,(H,17,20)(H,18,19). The minimum atomic E-state index is -0.226. The second-order valence-electron chi connectivity index (χ2n) is 7.81. The molecule has 1 aliphatic rings. The number of amides is 1. The Morgan fingerprint density at radius 3 is 2.50 bits per heavy atom. The number of fused-ring (bicyclic) bond motifs is 1. The van der Waals surface area contributed by atoms with Crippen LogP contribution in [0.25, 0.3) is 0 Å². The van der Waals surface area contributed by atoms with Crippen molar-refractivity contribution in [3.63, 3.8) is 0 Å². The maximum absolute atomic E-state index is 12.5. The zero-order valence-corrected chi connectivity index (χ0v) is 13.4. The fourth-order valence-electron chi connectivity index (χ4n) is 3.41. The number of carbonyl (C=O) groups excluding carboxylic acids is 1. The van der Waals surface area contributed by atoms with Crippen molar-refractivity contribution in [1.82, 2.24) is 15.5 Å². The van der Waals surface area contributed by atoms with Crippen LogP contribution in [0.4, 0.5) is 0 Å². The van der Waals surface area contributed by atoms with Crippen molar-refractivity contribution in [2.75, 3.05) is 0 Å². The maximum Gasteiger partial charge on any atom is 0.272 e. The third-order valence-electron chi connectivity index (χ3n) is 3.70. The predicted octanol–water partition coefficient (Wildman–Crippen LogP) is 3.23. The second-order valence-corrected chi connectivity index (χ2v) is 7.81. The van der Waals surface area contributed by atoms with E-state index in [9.17, 15) is 4.79 Å². The molecular weight excluding hydrogens is 250 g/mol. The van der Waals surface area contributed by atoms with Crippen LogP contribution in [0.1, 0.15) is 75.6 Å². The highest BCUT2D eigenvalue weighted by molar-refractivity contribution is 5.94. The van der Waals surface area contributed by atoms with E-state index in [0.717, 1.165) is 36.9 Å². The van der Waals surface area contributed by atoms with E-state index in [1.54, 1.807) is 0 Å². The summed E-state index contributed by atoms with van der Waals surface area (Å²) in [6.45, 7) is 10.7. The van der Waals surface area contributed by atoms with E-state index >= 15 is 0 Å². The molecule has 0 saturated heterocycles. The molecule has 1 aromatic heterocycles. The summed E-state index contributed by atoms with van der Waals surface area (Å²) in [6, 6.07) is 0. The third-order valence-corrected chi connectivity index (χ3v) is 3.70. The van der Waals surface area contributed by atoms with Crippen LogP contribution in [0.2, 0.25) is 0 Å². The van der Waals surface area contributed by atoms with E-state index in [1.807, 2.05) is 0 Å². The van der Waals surface area contributed by atoms with Crippen molar-refractivity contribution in [2.45, 2.75) is 72.3 Å². The molecule has 1 aliphatic carbocycles. The van der Waals surface area contributed by atoms with Crippen LogP contribution >= 0.6 is 0 Å². The summed E-state index contributed by atoms with van der Waals surface area (Å²) in [5.41, 5.74) is 2.83. The van der Waals surface area contributed by atoms with Crippen LogP contribution in [0.5, 0.6) is 0 Å². The van der Waals surface area contributed by atoms with E-state index < -0.39 is 0 Å². The molecule has 2 N–H and O–H groups in total. The van der Waals surface area contributed by atoms with Gasteiger partial charge in [-0.25, -0.2) is 0 Å². The molecule has 1 aromatic rings. The number of H-pyrrole nitrogens is 1. The quantitative estimate of drug-likeness (QED) is 0.891. The van der Waals surface area contributed by atoms with Gasteiger partial charge >= 0.3 is 0 Å². The van der Waals surface area contributed by atoms with Crippen LogP contribution in [0.15, 0.2) is 0 Å². The first-order valence-electron chi connectivity index (χ1n) is 7.57. The Morgan fingerprint density at radius 1 is 1.20 bits per heavy atom. The Morgan fingerprint density at radius 2 is 1.85 bits per heavy atom. The van der Waals surface area contributed by atoms with Gasteiger partial charge in [0.2, 0.25) is 0 Å². The first-order valence-corrected chi connectivity index (χ1v) is 7.57. The first kappa shape index (κ1) is 15.1. The van der Waals surface area contributed by atoms with Gasteiger partial charge in [0.05, 0.1) is 0 Å². The highest BCUT2D eigenvalue weighted by atomic mass is 16.2. The number of carbonyl (C=O) groups is 1. The maximum atomic E-state index is 12.5. The van der Waals surface area contributed by atoms with Crippen LogP contribution in [0, 0.1) is 5.41 Å².